The van der Waals surface area contributed by atoms with Gasteiger partial charge in [-0.3, -0.25) is 19.8 Å². The summed E-state index contributed by atoms with van der Waals surface area (Å²) in [6.07, 6.45) is 3.44. The van der Waals surface area contributed by atoms with E-state index in [0.29, 0.717) is 19.6 Å². The van der Waals surface area contributed by atoms with Crippen LogP contribution in [-0.2, 0) is 4.79 Å². The minimum Gasteiger partial charge on any atom is -0.368 e. The summed E-state index contributed by atoms with van der Waals surface area (Å²) in [5.74, 6) is 0.0918. The maximum Gasteiger partial charge on any atom is 0.236 e. The molecule has 2 aromatic heterocycles. The molecule has 7 nitrogen and oxygen atoms in total. The van der Waals surface area contributed by atoms with Crippen molar-refractivity contribution in [1.82, 2.24) is 20.1 Å². The van der Waals surface area contributed by atoms with E-state index in [4.69, 9.17) is 5.73 Å². The molecule has 1 aliphatic heterocycles. The number of pyridine rings is 1. The second-order valence-electron chi connectivity index (χ2n) is 6.88. The van der Waals surface area contributed by atoms with Gasteiger partial charge in [0.05, 0.1) is 11.3 Å². The number of aromatic amines is 1. The lowest BCUT2D eigenvalue weighted by atomic mass is 10.0. The zero-order valence-corrected chi connectivity index (χ0v) is 15.5. The lowest BCUT2D eigenvalue weighted by molar-refractivity contribution is -0.122. The molecule has 4 rings (SSSR count). The van der Waals surface area contributed by atoms with Crippen LogP contribution in [0, 0.1) is 5.82 Å². The van der Waals surface area contributed by atoms with Crippen molar-refractivity contribution in [3.8, 4) is 22.4 Å². The van der Waals surface area contributed by atoms with Crippen molar-refractivity contribution in [2.75, 3.05) is 31.6 Å². The Morgan fingerprint density at radius 3 is 2.54 bits per heavy atom. The Bertz CT molecular complexity index is 972. The van der Waals surface area contributed by atoms with Crippen LogP contribution in [0.15, 0.2) is 48.8 Å². The molecule has 1 amide bonds. The third-order valence-electron chi connectivity index (χ3n) is 5.13. The van der Waals surface area contributed by atoms with Gasteiger partial charge in [-0.15, -0.1) is 0 Å². The number of halogens is 1. The number of hydrogen-bond donors (Lipinski definition) is 2. The fourth-order valence-electron chi connectivity index (χ4n) is 3.55. The van der Waals surface area contributed by atoms with Crippen molar-refractivity contribution < 1.29 is 9.18 Å². The highest BCUT2D eigenvalue weighted by Crippen LogP contribution is 2.38. The number of nitrogens with two attached hydrogens (primary N) is 1. The number of nitrogens with one attached hydrogen (secondary N) is 1. The molecule has 1 fully saturated rings. The Morgan fingerprint density at radius 1 is 1.14 bits per heavy atom. The first-order chi connectivity index (χ1) is 13.5. The number of rotatable bonds is 4. The number of primary amides is 1. The van der Waals surface area contributed by atoms with Crippen LogP contribution >= 0.6 is 0 Å². The van der Waals surface area contributed by atoms with Gasteiger partial charge in [-0.2, -0.15) is 5.10 Å². The van der Waals surface area contributed by atoms with Crippen molar-refractivity contribution in [1.29, 1.82) is 0 Å². The molecule has 0 bridgehead atoms. The maximum atomic E-state index is 13.4. The highest BCUT2D eigenvalue weighted by atomic mass is 19.1. The average molecular weight is 380 g/mol. The molecule has 0 saturated carbocycles. The van der Waals surface area contributed by atoms with E-state index in [1.54, 1.807) is 24.5 Å². The van der Waals surface area contributed by atoms with Crippen LogP contribution in [0.4, 0.5) is 10.2 Å². The first kappa shape index (κ1) is 18.1. The van der Waals surface area contributed by atoms with Crippen LogP contribution in [0.2, 0.25) is 0 Å². The van der Waals surface area contributed by atoms with E-state index in [0.717, 1.165) is 28.2 Å². The van der Waals surface area contributed by atoms with Crippen molar-refractivity contribution in [2.24, 2.45) is 5.73 Å². The Labute approximate surface area is 162 Å². The first-order valence-corrected chi connectivity index (χ1v) is 9.04. The van der Waals surface area contributed by atoms with Crippen LogP contribution in [-0.4, -0.2) is 58.7 Å². The number of carbonyl (C=O) groups excluding carboxylic acids is 1. The average Bonchev–Trinajstić information content (AvgIpc) is 3.14. The number of hydrogen-bond acceptors (Lipinski definition) is 5. The second kappa shape index (κ2) is 7.40. The van der Waals surface area contributed by atoms with E-state index in [2.05, 4.69) is 20.1 Å². The number of nitrogens with zero attached hydrogens (tertiary/aromatic N) is 4. The number of anilines is 1. The zero-order valence-electron chi connectivity index (χ0n) is 15.5. The summed E-state index contributed by atoms with van der Waals surface area (Å²) >= 11 is 0. The summed E-state index contributed by atoms with van der Waals surface area (Å²) in [6.45, 7) is 1.87. The van der Waals surface area contributed by atoms with E-state index in [9.17, 15) is 9.18 Å². The van der Waals surface area contributed by atoms with Crippen LogP contribution in [0.1, 0.15) is 0 Å². The monoisotopic (exact) mass is 380 g/mol. The SMILES string of the molecule is CN1CCN(c2n[nH]c(-c3ccc(F)cc3)c2-c2ccncc2)CC1C(N)=O. The summed E-state index contributed by atoms with van der Waals surface area (Å²) in [5, 5.41) is 7.65. The molecule has 3 aromatic rings. The lowest BCUT2D eigenvalue weighted by Gasteiger charge is -2.38. The topological polar surface area (TPSA) is 91.1 Å². The summed E-state index contributed by atoms with van der Waals surface area (Å²) in [4.78, 5) is 20.0. The van der Waals surface area contributed by atoms with Gasteiger partial charge in [0.25, 0.3) is 0 Å². The van der Waals surface area contributed by atoms with Crippen LogP contribution in [0.3, 0.4) is 0 Å². The van der Waals surface area contributed by atoms with Crippen LogP contribution < -0.4 is 10.6 Å². The molecular weight excluding hydrogens is 359 g/mol. The number of piperazine rings is 1. The maximum absolute atomic E-state index is 13.4. The Morgan fingerprint density at radius 2 is 1.86 bits per heavy atom. The molecular formula is C20H21FN6O. The minimum absolute atomic E-state index is 0.294. The first-order valence-electron chi connectivity index (χ1n) is 9.04. The summed E-state index contributed by atoms with van der Waals surface area (Å²) in [5.41, 5.74) is 9.02. The van der Waals surface area contributed by atoms with Crippen molar-refractivity contribution in [3.63, 3.8) is 0 Å². The number of H-pyrrole nitrogens is 1. The molecule has 1 aliphatic rings. The van der Waals surface area contributed by atoms with Gasteiger partial charge < -0.3 is 10.6 Å². The van der Waals surface area contributed by atoms with Gasteiger partial charge in [-0.1, -0.05) is 0 Å². The van der Waals surface area contributed by atoms with Gasteiger partial charge in [0.2, 0.25) is 5.91 Å². The molecule has 3 N–H and O–H groups in total. The summed E-state index contributed by atoms with van der Waals surface area (Å²) < 4.78 is 13.4. The lowest BCUT2D eigenvalue weighted by Crippen LogP contribution is -2.57. The van der Waals surface area contributed by atoms with Crippen molar-refractivity contribution >= 4 is 11.7 Å². The highest BCUT2D eigenvalue weighted by molar-refractivity contribution is 5.89. The smallest absolute Gasteiger partial charge is 0.236 e. The number of aromatic nitrogens is 3. The Balaban J connectivity index is 1.80. The quantitative estimate of drug-likeness (QED) is 0.721. The van der Waals surface area contributed by atoms with E-state index in [1.807, 2.05) is 24.1 Å². The highest BCUT2D eigenvalue weighted by Gasteiger charge is 2.31. The number of carbonyl (C=O) groups is 1. The van der Waals surface area contributed by atoms with Gasteiger partial charge in [-0.05, 0) is 49.0 Å². The molecule has 1 aromatic carbocycles. The molecule has 8 heteroatoms. The molecule has 0 spiro atoms. The van der Waals surface area contributed by atoms with Gasteiger partial charge in [0.1, 0.15) is 11.9 Å². The van der Waals surface area contributed by atoms with Crippen LogP contribution in [0.25, 0.3) is 22.4 Å². The van der Waals surface area contributed by atoms with Crippen LogP contribution in [0.5, 0.6) is 0 Å². The van der Waals surface area contributed by atoms with Gasteiger partial charge in [0, 0.05) is 37.6 Å². The largest absolute Gasteiger partial charge is 0.368 e. The number of likely N-dealkylation sites (N-methyl/N-ethyl adjacent to an activating group) is 1. The predicted molar refractivity (Wildman–Crippen MR) is 105 cm³/mol. The molecule has 0 radical (unpaired) electrons. The molecule has 3 heterocycles. The van der Waals surface area contributed by atoms with Gasteiger partial charge in [-0.25, -0.2) is 4.39 Å². The van der Waals surface area contributed by atoms with E-state index in [1.165, 1.54) is 12.1 Å². The molecule has 1 atom stereocenters. The molecule has 28 heavy (non-hydrogen) atoms. The molecule has 0 aliphatic carbocycles. The fourth-order valence-corrected chi connectivity index (χ4v) is 3.55. The van der Waals surface area contributed by atoms with Crippen molar-refractivity contribution in [2.45, 2.75) is 6.04 Å². The van der Waals surface area contributed by atoms with Gasteiger partial charge in [0.15, 0.2) is 5.82 Å². The predicted octanol–water partition coefficient (Wildman–Crippen LogP) is 1.88. The third kappa shape index (κ3) is 3.34. The minimum atomic E-state index is -0.384. The number of amides is 1. The zero-order chi connectivity index (χ0) is 19.7. The van der Waals surface area contributed by atoms with Gasteiger partial charge >= 0.3 is 0 Å². The summed E-state index contributed by atoms with van der Waals surface area (Å²) in [6, 6.07) is 9.70. The Hall–Kier alpha value is -3.26. The second-order valence-corrected chi connectivity index (χ2v) is 6.88. The number of benzene rings is 1. The summed E-state index contributed by atoms with van der Waals surface area (Å²) in [7, 11) is 1.89. The third-order valence-corrected chi connectivity index (χ3v) is 5.13. The normalized spacial score (nSPS) is 17.6. The van der Waals surface area contributed by atoms with Crippen molar-refractivity contribution in [3.05, 3.63) is 54.6 Å². The fraction of sp³-hybridized carbons (Fsp3) is 0.250. The molecule has 1 saturated heterocycles. The van der Waals surface area contributed by atoms with E-state index < -0.39 is 0 Å². The molecule has 144 valence electrons. The Kier molecular flexibility index (Phi) is 4.79. The molecule has 1 unspecified atom stereocenters. The van der Waals surface area contributed by atoms with E-state index >= 15 is 0 Å². The van der Waals surface area contributed by atoms with E-state index in [-0.39, 0.29) is 17.8 Å². The standard InChI is InChI=1S/C20H21FN6O/c1-26-10-11-27(12-16(26)19(22)28)20-17(13-6-8-23-9-7-13)18(24-25-20)14-2-4-15(21)5-3-14/h2-9,16H,10-12H2,1H3,(H2,22,28)(H,24,25).